The van der Waals surface area contributed by atoms with E-state index in [1.54, 1.807) is 18.2 Å². The van der Waals surface area contributed by atoms with Crippen LogP contribution in [0.1, 0.15) is 39.3 Å². The van der Waals surface area contributed by atoms with E-state index in [9.17, 15) is 4.79 Å². The third-order valence-corrected chi connectivity index (χ3v) is 5.06. The van der Waals surface area contributed by atoms with Crippen LogP contribution >= 0.6 is 24.0 Å². The van der Waals surface area contributed by atoms with Gasteiger partial charge in [-0.1, -0.05) is 18.2 Å². The molecule has 8 nitrogen and oxygen atoms in total. The maximum absolute atomic E-state index is 12.2. The zero-order chi connectivity index (χ0) is 22.3. The van der Waals surface area contributed by atoms with Gasteiger partial charge in [-0.2, -0.15) is 0 Å². The Balaban J connectivity index is 0.00000363. The Morgan fingerprint density at radius 1 is 1.22 bits per heavy atom. The number of nitrogens with zero attached hydrogens (tertiary/aromatic N) is 3. The minimum absolute atomic E-state index is 0. The number of carbonyl (C=O) groups is 1. The third kappa shape index (κ3) is 7.99. The zero-order valence-electron chi connectivity index (χ0n) is 19.3. The molecule has 176 valence electrons. The molecule has 1 aromatic carbocycles. The van der Waals surface area contributed by atoms with Gasteiger partial charge in [0, 0.05) is 32.2 Å². The maximum atomic E-state index is 12.2. The average molecular weight is 555 g/mol. The van der Waals surface area contributed by atoms with Gasteiger partial charge in [-0.25, -0.2) is 9.78 Å². The molecule has 1 amide bonds. The number of aromatic nitrogens is 1. The number of halogens is 1. The molecule has 2 N–H and O–H groups in total. The Labute approximate surface area is 207 Å². The number of hydrogen-bond donors (Lipinski definition) is 2. The largest absolute Gasteiger partial charge is 0.444 e. The van der Waals surface area contributed by atoms with Gasteiger partial charge < -0.3 is 24.7 Å². The van der Waals surface area contributed by atoms with Gasteiger partial charge in [0.15, 0.2) is 5.96 Å². The third-order valence-electron chi connectivity index (χ3n) is 5.06. The van der Waals surface area contributed by atoms with Crippen LogP contribution in [-0.2, 0) is 11.3 Å². The summed E-state index contributed by atoms with van der Waals surface area (Å²) in [5.74, 6) is 1.81. The molecule has 2 heterocycles. The van der Waals surface area contributed by atoms with Gasteiger partial charge in [0.2, 0.25) is 5.89 Å². The van der Waals surface area contributed by atoms with E-state index in [0.29, 0.717) is 31.4 Å². The van der Waals surface area contributed by atoms with Crippen molar-refractivity contribution in [2.45, 2.75) is 45.8 Å². The van der Waals surface area contributed by atoms with Gasteiger partial charge in [0.05, 0.1) is 12.2 Å². The van der Waals surface area contributed by atoms with E-state index in [1.807, 2.05) is 51.1 Å². The molecular weight excluding hydrogens is 521 g/mol. The summed E-state index contributed by atoms with van der Waals surface area (Å²) in [7, 11) is 1.75. The van der Waals surface area contributed by atoms with Crippen molar-refractivity contribution in [1.29, 1.82) is 0 Å². The lowest BCUT2D eigenvalue weighted by atomic mass is 9.97. The van der Waals surface area contributed by atoms with Crippen LogP contribution in [0.5, 0.6) is 0 Å². The molecule has 9 heteroatoms. The molecule has 0 unspecified atom stereocenters. The number of rotatable bonds is 5. The quantitative estimate of drug-likeness (QED) is 0.325. The zero-order valence-corrected chi connectivity index (χ0v) is 21.6. The van der Waals surface area contributed by atoms with E-state index in [2.05, 4.69) is 20.6 Å². The van der Waals surface area contributed by atoms with E-state index in [0.717, 1.165) is 36.6 Å². The second kappa shape index (κ2) is 12.1. The highest BCUT2D eigenvalue weighted by molar-refractivity contribution is 14.0. The van der Waals surface area contributed by atoms with Gasteiger partial charge >= 0.3 is 6.09 Å². The first-order valence-electron chi connectivity index (χ1n) is 10.8. The van der Waals surface area contributed by atoms with Crippen LogP contribution in [0.4, 0.5) is 4.79 Å². The Morgan fingerprint density at radius 2 is 1.91 bits per heavy atom. The number of oxazole rings is 1. The predicted octanol–water partition coefficient (Wildman–Crippen LogP) is 4.27. The van der Waals surface area contributed by atoms with Crippen molar-refractivity contribution in [1.82, 2.24) is 20.5 Å². The lowest BCUT2D eigenvalue weighted by Gasteiger charge is -2.33. The van der Waals surface area contributed by atoms with Crippen LogP contribution in [0.15, 0.2) is 46.0 Å². The minimum atomic E-state index is -0.459. The van der Waals surface area contributed by atoms with Crippen LogP contribution in [0.2, 0.25) is 0 Å². The molecular formula is C23H34IN5O3. The van der Waals surface area contributed by atoms with Gasteiger partial charge in [-0.15, -0.1) is 24.0 Å². The first-order chi connectivity index (χ1) is 14.8. The van der Waals surface area contributed by atoms with Crippen molar-refractivity contribution in [3.05, 3.63) is 42.3 Å². The molecule has 1 aromatic heterocycles. The van der Waals surface area contributed by atoms with Crippen LogP contribution in [0.25, 0.3) is 11.5 Å². The molecule has 0 saturated carbocycles. The number of benzene rings is 1. The van der Waals surface area contributed by atoms with Crippen molar-refractivity contribution >= 4 is 36.0 Å². The van der Waals surface area contributed by atoms with Gasteiger partial charge in [-0.3, -0.25) is 4.99 Å². The Bertz CT molecular complexity index is 871. The smallest absolute Gasteiger partial charge is 0.410 e. The lowest BCUT2D eigenvalue weighted by Crippen LogP contribution is -2.45. The number of hydrogen-bond acceptors (Lipinski definition) is 5. The highest BCUT2D eigenvalue weighted by atomic mass is 127. The fourth-order valence-electron chi connectivity index (χ4n) is 3.38. The molecule has 1 aliphatic heterocycles. The summed E-state index contributed by atoms with van der Waals surface area (Å²) in [6.45, 7) is 8.43. The topological polar surface area (TPSA) is 92.0 Å². The highest BCUT2D eigenvalue weighted by Gasteiger charge is 2.26. The molecule has 1 saturated heterocycles. The molecule has 32 heavy (non-hydrogen) atoms. The molecule has 3 rings (SSSR count). The van der Waals surface area contributed by atoms with E-state index < -0.39 is 5.60 Å². The van der Waals surface area contributed by atoms with Crippen molar-refractivity contribution in [2.75, 3.05) is 26.7 Å². The first kappa shape index (κ1) is 26.0. The van der Waals surface area contributed by atoms with Gasteiger partial charge in [0.25, 0.3) is 0 Å². The molecule has 0 aliphatic carbocycles. The van der Waals surface area contributed by atoms with Crippen LogP contribution in [0.3, 0.4) is 0 Å². The Hall–Kier alpha value is -2.30. The lowest BCUT2D eigenvalue weighted by molar-refractivity contribution is 0.0185. The molecule has 1 fully saturated rings. The Morgan fingerprint density at radius 3 is 2.53 bits per heavy atom. The average Bonchev–Trinajstić information content (AvgIpc) is 3.23. The normalized spacial score (nSPS) is 15.1. The maximum Gasteiger partial charge on any atom is 0.410 e. The van der Waals surface area contributed by atoms with E-state index in [-0.39, 0.29) is 30.1 Å². The summed E-state index contributed by atoms with van der Waals surface area (Å²) < 4.78 is 11.0. The standard InChI is InChI=1S/C23H33N5O3.HI/c1-23(2,3)31-22(29)28-12-10-17(11-13-28)14-25-21(24-4)26-15-19-16-30-20(27-19)18-8-6-5-7-9-18;/h5-9,16-17H,10-15H2,1-4H3,(H2,24,25,26);1H. The van der Waals surface area contributed by atoms with Gasteiger partial charge in [-0.05, 0) is 51.7 Å². The fraction of sp³-hybridized carbons (Fsp3) is 0.522. The summed E-state index contributed by atoms with van der Waals surface area (Å²) >= 11 is 0. The molecule has 0 spiro atoms. The van der Waals surface area contributed by atoms with Crippen LogP contribution < -0.4 is 10.6 Å². The van der Waals surface area contributed by atoms with Crippen molar-refractivity contribution in [3.63, 3.8) is 0 Å². The molecule has 2 aromatic rings. The van der Waals surface area contributed by atoms with Crippen molar-refractivity contribution in [2.24, 2.45) is 10.9 Å². The number of guanidine groups is 1. The number of ether oxygens (including phenoxy) is 1. The number of aliphatic imine (C=N–C) groups is 1. The number of nitrogens with one attached hydrogen (secondary N) is 2. The van der Waals surface area contributed by atoms with Crippen LogP contribution in [0, 0.1) is 5.92 Å². The van der Waals surface area contributed by atoms with Crippen molar-refractivity contribution < 1.29 is 13.9 Å². The molecule has 0 atom stereocenters. The number of carbonyl (C=O) groups excluding carboxylic acids is 1. The SMILES string of the molecule is CN=C(NCc1coc(-c2ccccc2)n1)NCC1CCN(C(=O)OC(C)(C)C)CC1.I. The van der Waals surface area contributed by atoms with Crippen molar-refractivity contribution in [3.8, 4) is 11.5 Å². The Kier molecular flexibility index (Phi) is 9.80. The molecule has 0 radical (unpaired) electrons. The molecule has 1 aliphatic rings. The monoisotopic (exact) mass is 555 g/mol. The highest BCUT2D eigenvalue weighted by Crippen LogP contribution is 2.19. The van der Waals surface area contributed by atoms with Gasteiger partial charge in [0.1, 0.15) is 11.9 Å². The minimum Gasteiger partial charge on any atom is -0.444 e. The second-order valence-corrected chi connectivity index (χ2v) is 8.73. The van der Waals surface area contributed by atoms with E-state index >= 15 is 0 Å². The number of amides is 1. The van der Waals surface area contributed by atoms with E-state index in [4.69, 9.17) is 9.15 Å². The summed E-state index contributed by atoms with van der Waals surface area (Å²) in [5, 5.41) is 6.65. The number of piperidine rings is 1. The summed E-state index contributed by atoms with van der Waals surface area (Å²) in [4.78, 5) is 22.8. The summed E-state index contributed by atoms with van der Waals surface area (Å²) in [5.41, 5.74) is 1.31. The van der Waals surface area contributed by atoms with E-state index in [1.165, 1.54) is 0 Å². The number of likely N-dealkylation sites (tertiary alicyclic amines) is 1. The first-order valence-corrected chi connectivity index (χ1v) is 10.8. The second-order valence-electron chi connectivity index (χ2n) is 8.73. The molecule has 0 bridgehead atoms. The summed E-state index contributed by atoms with van der Waals surface area (Å²) in [6.07, 6.45) is 3.31. The summed E-state index contributed by atoms with van der Waals surface area (Å²) in [6, 6.07) is 9.82. The predicted molar refractivity (Wildman–Crippen MR) is 136 cm³/mol. The van der Waals surface area contributed by atoms with Crippen LogP contribution in [-0.4, -0.2) is 54.2 Å². The fourth-order valence-corrected chi connectivity index (χ4v) is 3.38.